The molecule has 1 heterocycles. The SMILES string of the molecule is CC(C)(C)OC(=O)NCC1CCC(C(=O)NC(Cc2ccccc2)c2cc(-c3ccc(C(N)=O)cc3)c(Cl)s2)CC1. The molecule has 1 atom stereocenters. The van der Waals surface area contributed by atoms with Gasteiger partial charge in [-0.05, 0) is 88.1 Å². The summed E-state index contributed by atoms with van der Waals surface area (Å²) in [6.07, 6.45) is 3.51. The van der Waals surface area contributed by atoms with E-state index in [0.717, 1.165) is 47.3 Å². The molecule has 4 rings (SSSR count). The predicted octanol–water partition coefficient (Wildman–Crippen LogP) is 6.90. The zero-order chi connectivity index (χ0) is 29.6. The largest absolute Gasteiger partial charge is 0.444 e. The molecule has 1 aromatic heterocycles. The van der Waals surface area contributed by atoms with Crippen molar-refractivity contribution in [1.82, 2.24) is 10.6 Å². The summed E-state index contributed by atoms with van der Waals surface area (Å²) in [5.74, 6) is -0.192. The molecule has 7 nitrogen and oxygen atoms in total. The highest BCUT2D eigenvalue weighted by atomic mass is 35.5. The van der Waals surface area contributed by atoms with Crippen molar-refractivity contribution >= 4 is 40.8 Å². The van der Waals surface area contributed by atoms with Crippen LogP contribution in [0.2, 0.25) is 4.34 Å². The van der Waals surface area contributed by atoms with Crippen LogP contribution in [0.1, 0.15) is 73.3 Å². The van der Waals surface area contributed by atoms with Crippen LogP contribution in [0.4, 0.5) is 4.79 Å². The number of carbonyl (C=O) groups is 3. The molecule has 1 unspecified atom stereocenters. The van der Waals surface area contributed by atoms with Gasteiger partial charge in [0.05, 0.1) is 6.04 Å². The Kier molecular flexibility index (Phi) is 10.1. The Hall–Kier alpha value is -3.36. The number of hydrogen-bond acceptors (Lipinski definition) is 5. The number of halogens is 1. The second-order valence-electron chi connectivity index (χ2n) is 11.6. The summed E-state index contributed by atoms with van der Waals surface area (Å²) in [6.45, 7) is 6.08. The van der Waals surface area contributed by atoms with E-state index in [9.17, 15) is 14.4 Å². The molecule has 0 spiro atoms. The van der Waals surface area contributed by atoms with Gasteiger partial charge in [-0.25, -0.2) is 4.79 Å². The van der Waals surface area contributed by atoms with Gasteiger partial charge in [0.2, 0.25) is 11.8 Å². The van der Waals surface area contributed by atoms with Gasteiger partial charge in [0.25, 0.3) is 0 Å². The topological polar surface area (TPSA) is 111 Å². The number of primary amides is 1. The van der Waals surface area contributed by atoms with Crippen LogP contribution < -0.4 is 16.4 Å². The number of ether oxygens (including phenoxy) is 1. The third-order valence-electron chi connectivity index (χ3n) is 7.28. The fourth-order valence-electron chi connectivity index (χ4n) is 5.10. The van der Waals surface area contributed by atoms with Crippen LogP contribution in [0.3, 0.4) is 0 Å². The normalized spacial score (nSPS) is 17.9. The fraction of sp³-hybridized carbons (Fsp3) is 0.406. The molecule has 9 heteroatoms. The van der Waals surface area contributed by atoms with Crippen LogP contribution in [0.15, 0.2) is 60.7 Å². The van der Waals surface area contributed by atoms with Crippen molar-refractivity contribution in [2.45, 2.75) is 64.5 Å². The summed E-state index contributed by atoms with van der Waals surface area (Å²) in [5, 5.41) is 6.19. The lowest BCUT2D eigenvalue weighted by Crippen LogP contribution is -2.39. The van der Waals surface area contributed by atoms with E-state index >= 15 is 0 Å². The van der Waals surface area contributed by atoms with Gasteiger partial charge in [-0.15, -0.1) is 11.3 Å². The van der Waals surface area contributed by atoms with Crippen molar-refractivity contribution in [3.63, 3.8) is 0 Å². The molecule has 1 saturated carbocycles. The Balaban J connectivity index is 1.42. The van der Waals surface area contributed by atoms with Gasteiger partial charge in [-0.3, -0.25) is 9.59 Å². The minimum Gasteiger partial charge on any atom is -0.444 e. The third-order valence-corrected chi connectivity index (χ3v) is 8.75. The minimum absolute atomic E-state index is 0.0429. The molecular weight excluding hydrogens is 558 g/mol. The van der Waals surface area contributed by atoms with E-state index in [0.29, 0.717) is 28.8 Å². The smallest absolute Gasteiger partial charge is 0.407 e. The first-order chi connectivity index (χ1) is 19.5. The highest BCUT2D eigenvalue weighted by Crippen LogP contribution is 2.39. The third kappa shape index (κ3) is 8.81. The molecule has 1 aliphatic rings. The van der Waals surface area contributed by atoms with Crippen molar-refractivity contribution in [1.29, 1.82) is 0 Å². The summed E-state index contributed by atoms with van der Waals surface area (Å²) in [6, 6.07) is 18.9. The van der Waals surface area contributed by atoms with Crippen LogP contribution >= 0.6 is 22.9 Å². The Morgan fingerprint density at radius 3 is 2.29 bits per heavy atom. The van der Waals surface area contributed by atoms with Crippen LogP contribution in [-0.4, -0.2) is 30.1 Å². The van der Waals surface area contributed by atoms with Crippen molar-refractivity contribution in [2.75, 3.05) is 6.54 Å². The van der Waals surface area contributed by atoms with E-state index in [2.05, 4.69) is 22.8 Å². The number of thiophene rings is 1. The molecule has 0 radical (unpaired) electrons. The van der Waals surface area contributed by atoms with Crippen LogP contribution in [0.25, 0.3) is 11.1 Å². The zero-order valence-electron chi connectivity index (χ0n) is 23.7. The van der Waals surface area contributed by atoms with E-state index in [4.69, 9.17) is 22.1 Å². The molecular formula is C32H38ClN3O4S. The lowest BCUT2D eigenvalue weighted by Gasteiger charge is -2.29. The first kappa shape index (κ1) is 30.6. The molecule has 0 bridgehead atoms. The quantitative estimate of drug-likeness (QED) is 0.250. The van der Waals surface area contributed by atoms with Gasteiger partial charge in [-0.1, -0.05) is 54.1 Å². The maximum Gasteiger partial charge on any atom is 0.407 e. The number of nitrogens with one attached hydrogen (secondary N) is 2. The maximum atomic E-state index is 13.5. The number of rotatable bonds is 9. The molecule has 41 heavy (non-hydrogen) atoms. The lowest BCUT2D eigenvalue weighted by atomic mass is 9.81. The molecule has 0 aliphatic heterocycles. The average molecular weight is 596 g/mol. The summed E-state index contributed by atoms with van der Waals surface area (Å²) < 4.78 is 5.96. The van der Waals surface area contributed by atoms with E-state index in [1.165, 1.54) is 11.3 Å². The first-order valence-corrected chi connectivity index (χ1v) is 15.2. The van der Waals surface area contributed by atoms with Gasteiger partial charge < -0.3 is 21.1 Å². The number of nitrogens with two attached hydrogens (primary N) is 1. The fourth-order valence-corrected chi connectivity index (χ4v) is 6.49. The second kappa shape index (κ2) is 13.5. The molecule has 1 aliphatic carbocycles. The van der Waals surface area contributed by atoms with E-state index < -0.39 is 17.6 Å². The van der Waals surface area contributed by atoms with Gasteiger partial charge in [0, 0.05) is 28.5 Å². The molecule has 1 fully saturated rings. The Morgan fingerprint density at radius 1 is 1.02 bits per heavy atom. The van der Waals surface area contributed by atoms with E-state index in [1.807, 2.05) is 57.2 Å². The summed E-state index contributed by atoms with van der Waals surface area (Å²) >= 11 is 8.15. The lowest BCUT2D eigenvalue weighted by molar-refractivity contribution is -0.127. The standard InChI is InChI=1S/C32H38ClN3O4S/c1-32(2,3)40-31(39)35-19-21-9-11-24(12-10-21)30(38)36-26(17-20-7-5-4-6-8-20)27-18-25(28(33)41-27)22-13-15-23(16-14-22)29(34)37/h4-8,13-16,18,21,24,26H,9-12,17,19H2,1-3H3,(H2,34,37)(H,35,39)(H,36,38). The molecule has 218 valence electrons. The number of carbonyl (C=O) groups excluding carboxylic acids is 3. The predicted molar refractivity (Wildman–Crippen MR) is 164 cm³/mol. The molecule has 3 aromatic rings. The highest BCUT2D eigenvalue weighted by molar-refractivity contribution is 7.16. The van der Waals surface area contributed by atoms with Crippen LogP contribution in [0.5, 0.6) is 0 Å². The number of hydrogen-bond donors (Lipinski definition) is 3. The Morgan fingerprint density at radius 2 is 1.68 bits per heavy atom. The molecule has 0 saturated heterocycles. The Bertz CT molecular complexity index is 1340. The maximum absolute atomic E-state index is 13.5. The Labute approximate surface area is 250 Å². The number of benzene rings is 2. The zero-order valence-corrected chi connectivity index (χ0v) is 25.3. The summed E-state index contributed by atoms with van der Waals surface area (Å²) in [4.78, 5) is 37.9. The minimum atomic E-state index is -0.529. The van der Waals surface area contributed by atoms with Crippen LogP contribution in [0, 0.1) is 11.8 Å². The second-order valence-corrected chi connectivity index (χ2v) is 13.3. The number of alkyl carbamates (subject to hydrolysis) is 1. The summed E-state index contributed by atoms with van der Waals surface area (Å²) in [7, 11) is 0. The number of amides is 3. The molecule has 3 amide bonds. The monoisotopic (exact) mass is 595 g/mol. The average Bonchev–Trinajstić information content (AvgIpc) is 3.33. The molecule has 2 aromatic carbocycles. The van der Waals surface area contributed by atoms with E-state index in [-0.39, 0.29) is 17.9 Å². The van der Waals surface area contributed by atoms with Gasteiger partial charge >= 0.3 is 6.09 Å². The van der Waals surface area contributed by atoms with Gasteiger partial charge in [0.1, 0.15) is 9.94 Å². The summed E-state index contributed by atoms with van der Waals surface area (Å²) in [5.41, 5.74) is 8.15. The van der Waals surface area contributed by atoms with Gasteiger partial charge in [-0.2, -0.15) is 0 Å². The van der Waals surface area contributed by atoms with Gasteiger partial charge in [0.15, 0.2) is 0 Å². The molecule has 4 N–H and O–H groups in total. The first-order valence-electron chi connectivity index (χ1n) is 14.0. The van der Waals surface area contributed by atoms with Crippen molar-refractivity contribution < 1.29 is 19.1 Å². The van der Waals surface area contributed by atoms with E-state index in [1.54, 1.807) is 12.1 Å². The van der Waals surface area contributed by atoms with Crippen LogP contribution in [-0.2, 0) is 16.0 Å². The highest BCUT2D eigenvalue weighted by Gasteiger charge is 2.29. The van der Waals surface area contributed by atoms with Crippen molar-refractivity contribution in [3.8, 4) is 11.1 Å². The van der Waals surface area contributed by atoms with Crippen molar-refractivity contribution in [2.24, 2.45) is 17.6 Å². The van der Waals surface area contributed by atoms with Crippen molar-refractivity contribution in [3.05, 3.63) is 81.0 Å².